The van der Waals surface area contributed by atoms with Crippen molar-refractivity contribution in [3.8, 4) is 0 Å². The van der Waals surface area contributed by atoms with Crippen molar-refractivity contribution in [1.29, 1.82) is 0 Å². The lowest BCUT2D eigenvalue weighted by Gasteiger charge is -2.34. The molecule has 0 saturated carbocycles. The van der Waals surface area contributed by atoms with E-state index in [0.29, 0.717) is 19.8 Å². The molecule has 1 saturated heterocycles. The maximum absolute atomic E-state index is 12.8. The van der Waals surface area contributed by atoms with Crippen LogP contribution in [0.4, 0.5) is 5.69 Å². The molecule has 0 radical (unpaired) electrons. The molecule has 1 aliphatic rings. The van der Waals surface area contributed by atoms with Crippen molar-refractivity contribution in [3.05, 3.63) is 29.3 Å². The third-order valence-corrected chi connectivity index (χ3v) is 3.60. The van der Waals surface area contributed by atoms with Gasteiger partial charge in [0, 0.05) is 18.8 Å². The van der Waals surface area contributed by atoms with Gasteiger partial charge in [-0.1, -0.05) is 18.6 Å². The first-order valence-corrected chi connectivity index (χ1v) is 7.36. The van der Waals surface area contributed by atoms with Gasteiger partial charge < -0.3 is 15.0 Å². The summed E-state index contributed by atoms with van der Waals surface area (Å²) in [6, 6.07) is 6.15. The summed E-state index contributed by atoms with van der Waals surface area (Å²) in [5.74, 6) is 0.100. The number of hydrogen-bond acceptors (Lipinski definition) is 3. The predicted octanol–water partition coefficient (Wildman–Crippen LogP) is 2.68. The fourth-order valence-electron chi connectivity index (χ4n) is 2.43. The molecule has 0 aromatic heterocycles. The lowest BCUT2D eigenvalue weighted by Crippen LogP contribution is -2.47. The highest BCUT2D eigenvalue weighted by molar-refractivity contribution is 6.00. The average Bonchev–Trinajstić information content (AvgIpc) is 2.46. The molecule has 1 aromatic carbocycles. The molecule has 1 aromatic rings. The fourth-order valence-corrected chi connectivity index (χ4v) is 2.43. The molecule has 1 heterocycles. The number of amides is 1. The minimum Gasteiger partial charge on any atom is -0.384 e. The summed E-state index contributed by atoms with van der Waals surface area (Å²) in [5.41, 5.74) is 2.81. The minimum atomic E-state index is 0.100. The number of carbonyl (C=O) groups is 1. The van der Waals surface area contributed by atoms with Crippen LogP contribution in [0.1, 0.15) is 36.2 Å². The number of benzene rings is 1. The highest BCUT2D eigenvalue weighted by Gasteiger charge is 2.26. The van der Waals surface area contributed by atoms with Crippen molar-refractivity contribution in [2.75, 3.05) is 31.6 Å². The second kappa shape index (κ2) is 6.75. The zero-order chi connectivity index (χ0) is 14.5. The molecule has 0 spiro atoms. The maximum atomic E-state index is 12.8. The predicted molar refractivity (Wildman–Crippen MR) is 81.3 cm³/mol. The molecule has 1 amide bonds. The van der Waals surface area contributed by atoms with E-state index in [1.165, 1.54) is 0 Å². The monoisotopic (exact) mass is 276 g/mol. The van der Waals surface area contributed by atoms with Gasteiger partial charge in [0.2, 0.25) is 0 Å². The number of ether oxygens (including phenoxy) is 1. The molecule has 20 heavy (non-hydrogen) atoms. The smallest absolute Gasteiger partial charge is 0.256 e. The van der Waals surface area contributed by atoms with Crippen LogP contribution in [0.5, 0.6) is 0 Å². The summed E-state index contributed by atoms with van der Waals surface area (Å²) in [6.45, 7) is 8.96. The van der Waals surface area contributed by atoms with E-state index in [2.05, 4.69) is 12.2 Å². The van der Waals surface area contributed by atoms with Gasteiger partial charge in [0.25, 0.3) is 5.91 Å². The summed E-state index contributed by atoms with van der Waals surface area (Å²) in [5, 5.41) is 3.35. The van der Waals surface area contributed by atoms with Gasteiger partial charge >= 0.3 is 0 Å². The molecule has 1 fully saturated rings. The first kappa shape index (κ1) is 14.9. The van der Waals surface area contributed by atoms with Crippen LogP contribution < -0.4 is 5.32 Å². The van der Waals surface area contributed by atoms with Crippen LogP contribution in [-0.4, -0.2) is 43.2 Å². The molecule has 2 rings (SSSR count). The molecular formula is C16H24N2O2. The zero-order valence-corrected chi connectivity index (χ0v) is 12.6. The Hall–Kier alpha value is -1.55. The van der Waals surface area contributed by atoms with E-state index in [1.54, 1.807) is 0 Å². The van der Waals surface area contributed by atoms with E-state index in [1.807, 2.05) is 36.9 Å². The van der Waals surface area contributed by atoms with Crippen LogP contribution in [0, 0.1) is 6.92 Å². The molecule has 110 valence electrons. The third-order valence-electron chi connectivity index (χ3n) is 3.60. The number of carbonyl (C=O) groups excluding carboxylic acids is 1. The third kappa shape index (κ3) is 3.31. The Bertz CT molecular complexity index is 474. The summed E-state index contributed by atoms with van der Waals surface area (Å²) >= 11 is 0. The number of nitrogens with zero attached hydrogens (tertiary/aromatic N) is 1. The van der Waals surface area contributed by atoms with Gasteiger partial charge in [-0.3, -0.25) is 4.79 Å². The average molecular weight is 276 g/mol. The van der Waals surface area contributed by atoms with Crippen LogP contribution in [0.2, 0.25) is 0 Å². The second-order valence-corrected chi connectivity index (χ2v) is 5.40. The topological polar surface area (TPSA) is 41.6 Å². The molecule has 0 bridgehead atoms. The van der Waals surface area contributed by atoms with Gasteiger partial charge in [0.1, 0.15) is 0 Å². The number of aryl methyl sites for hydroxylation is 1. The highest BCUT2D eigenvalue weighted by Crippen LogP contribution is 2.21. The van der Waals surface area contributed by atoms with Crippen molar-refractivity contribution in [2.45, 2.75) is 33.2 Å². The Morgan fingerprint density at radius 3 is 3.00 bits per heavy atom. The van der Waals surface area contributed by atoms with Gasteiger partial charge in [0.15, 0.2) is 0 Å². The van der Waals surface area contributed by atoms with Crippen molar-refractivity contribution >= 4 is 11.6 Å². The number of hydrogen-bond donors (Lipinski definition) is 1. The SMILES string of the molecule is CCCNc1ccc(C)cc1C(=O)N1CCOCC1C. The maximum Gasteiger partial charge on any atom is 0.256 e. The largest absolute Gasteiger partial charge is 0.384 e. The van der Waals surface area contributed by atoms with Crippen molar-refractivity contribution in [3.63, 3.8) is 0 Å². The zero-order valence-electron chi connectivity index (χ0n) is 12.6. The van der Waals surface area contributed by atoms with Crippen LogP contribution in [0.15, 0.2) is 18.2 Å². The molecule has 1 atom stereocenters. The first-order valence-electron chi connectivity index (χ1n) is 7.36. The van der Waals surface area contributed by atoms with Crippen molar-refractivity contribution < 1.29 is 9.53 Å². The van der Waals surface area contributed by atoms with Crippen molar-refractivity contribution in [1.82, 2.24) is 4.90 Å². The molecular weight excluding hydrogens is 252 g/mol. The summed E-state index contributed by atoms with van der Waals surface area (Å²) < 4.78 is 5.41. The molecule has 4 heteroatoms. The Morgan fingerprint density at radius 2 is 2.30 bits per heavy atom. The van der Waals surface area contributed by atoms with Crippen LogP contribution in [0.3, 0.4) is 0 Å². The molecule has 1 aliphatic heterocycles. The highest BCUT2D eigenvalue weighted by atomic mass is 16.5. The Morgan fingerprint density at radius 1 is 1.50 bits per heavy atom. The first-order chi connectivity index (χ1) is 9.63. The quantitative estimate of drug-likeness (QED) is 0.919. The molecule has 0 aliphatic carbocycles. The summed E-state index contributed by atoms with van der Waals surface area (Å²) in [6.07, 6.45) is 1.04. The molecule has 4 nitrogen and oxygen atoms in total. The fraction of sp³-hybridized carbons (Fsp3) is 0.562. The van der Waals surface area contributed by atoms with E-state index in [-0.39, 0.29) is 11.9 Å². The van der Waals surface area contributed by atoms with E-state index < -0.39 is 0 Å². The van der Waals surface area contributed by atoms with Crippen molar-refractivity contribution in [2.24, 2.45) is 0 Å². The lowest BCUT2D eigenvalue weighted by atomic mass is 10.1. The molecule has 1 N–H and O–H groups in total. The second-order valence-electron chi connectivity index (χ2n) is 5.40. The van der Waals surface area contributed by atoms with Gasteiger partial charge in [-0.05, 0) is 32.4 Å². The van der Waals surface area contributed by atoms with Gasteiger partial charge in [0.05, 0.1) is 24.8 Å². The summed E-state index contributed by atoms with van der Waals surface area (Å²) in [7, 11) is 0. The van der Waals surface area contributed by atoms with E-state index in [4.69, 9.17) is 4.74 Å². The minimum absolute atomic E-state index is 0.100. The van der Waals surface area contributed by atoms with E-state index >= 15 is 0 Å². The number of morpholine rings is 1. The van der Waals surface area contributed by atoms with E-state index in [0.717, 1.165) is 29.8 Å². The Kier molecular flexibility index (Phi) is 5.01. The standard InChI is InChI=1S/C16H24N2O2/c1-4-7-17-15-6-5-12(2)10-14(15)16(19)18-8-9-20-11-13(18)3/h5-6,10,13,17H,4,7-9,11H2,1-3H3. The van der Waals surface area contributed by atoms with Crippen LogP contribution in [0.25, 0.3) is 0 Å². The Balaban J connectivity index is 2.24. The van der Waals surface area contributed by atoms with E-state index in [9.17, 15) is 4.79 Å². The van der Waals surface area contributed by atoms with Crippen LogP contribution in [-0.2, 0) is 4.74 Å². The number of anilines is 1. The number of nitrogens with one attached hydrogen (secondary N) is 1. The Labute approximate surface area is 121 Å². The van der Waals surface area contributed by atoms with Gasteiger partial charge in [-0.25, -0.2) is 0 Å². The normalized spacial score (nSPS) is 18.9. The van der Waals surface area contributed by atoms with Gasteiger partial charge in [-0.2, -0.15) is 0 Å². The summed E-state index contributed by atoms with van der Waals surface area (Å²) in [4.78, 5) is 14.7. The van der Waals surface area contributed by atoms with Gasteiger partial charge in [-0.15, -0.1) is 0 Å². The lowest BCUT2D eigenvalue weighted by molar-refractivity contribution is 0.00364. The molecule has 1 unspecified atom stereocenters. The van der Waals surface area contributed by atoms with Crippen LogP contribution >= 0.6 is 0 Å². The number of rotatable bonds is 4.